The van der Waals surface area contributed by atoms with Gasteiger partial charge in [0.2, 0.25) is 0 Å². The molecule has 4 heteroatoms. The summed E-state index contributed by atoms with van der Waals surface area (Å²) in [5.74, 6) is 0. The molecule has 0 saturated carbocycles. The average molecular weight is 257 g/mol. The van der Waals surface area contributed by atoms with Gasteiger partial charge >= 0.3 is 0 Å². The highest BCUT2D eigenvalue weighted by Crippen LogP contribution is 2.28. The quantitative estimate of drug-likeness (QED) is 0.784. The van der Waals surface area contributed by atoms with Gasteiger partial charge in [0.15, 0.2) is 0 Å². The smallest absolute Gasteiger partial charge is 0.0992 e. The van der Waals surface area contributed by atoms with Gasteiger partial charge in [0.25, 0.3) is 0 Å². The van der Waals surface area contributed by atoms with Crippen LogP contribution in [0.3, 0.4) is 0 Å². The van der Waals surface area contributed by atoms with Crippen LogP contribution in [0.25, 0.3) is 10.9 Å². The maximum absolute atomic E-state index is 5.96. The molecule has 2 N–H and O–H groups in total. The van der Waals surface area contributed by atoms with Crippen molar-refractivity contribution in [3.05, 3.63) is 52.3 Å². The Bertz CT molecular complexity index is 668. The second kappa shape index (κ2) is 4.55. The van der Waals surface area contributed by atoms with Gasteiger partial charge in [0.1, 0.15) is 0 Å². The lowest BCUT2D eigenvalue weighted by Crippen LogP contribution is -2.21. The van der Waals surface area contributed by atoms with Crippen LogP contribution >= 0.6 is 11.3 Å². The van der Waals surface area contributed by atoms with Gasteiger partial charge in [-0.2, -0.15) is 5.10 Å². The molecular weight excluding hydrogens is 242 g/mol. The van der Waals surface area contributed by atoms with Gasteiger partial charge in [-0.1, -0.05) is 18.2 Å². The summed E-state index contributed by atoms with van der Waals surface area (Å²) in [5.41, 5.74) is 8.39. The molecule has 1 aromatic carbocycles. The van der Waals surface area contributed by atoms with E-state index in [2.05, 4.69) is 35.6 Å². The van der Waals surface area contributed by atoms with E-state index in [-0.39, 0.29) is 6.04 Å². The molecule has 3 rings (SSSR count). The number of aryl methyl sites for hydroxylation is 1. The fraction of sp³-hybridized carbons (Fsp3) is 0.214. The minimum atomic E-state index is 0.130. The zero-order chi connectivity index (χ0) is 12.5. The first kappa shape index (κ1) is 11.4. The predicted molar refractivity (Wildman–Crippen MR) is 76.0 cm³/mol. The summed E-state index contributed by atoms with van der Waals surface area (Å²) in [6.07, 6.45) is 1.90. The van der Waals surface area contributed by atoms with Gasteiger partial charge in [-0.15, -0.1) is 11.3 Å². The summed E-state index contributed by atoms with van der Waals surface area (Å²) in [4.78, 5) is 1.30. The van der Waals surface area contributed by atoms with Crippen molar-refractivity contribution < 1.29 is 0 Å². The Morgan fingerprint density at radius 1 is 1.33 bits per heavy atom. The van der Waals surface area contributed by atoms with E-state index in [4.69, 9.17) is 5.73 Å². The summed E-state index contributed by atoms with van der Waals surface area (Å²) >= 11 is 1.75. The van der Waals surface area contributed by atoms with Crippen molar-refractivity contribution in [3.63, 3.8) is 0 Å². The van der Waals surface area contributed by atoms with E-state index in [1.54, 1.807) is 11.3 Å². The number of fused-ring (bicyclic) bond motifs is 1. The van der Waals surface area contributed by atoms with Crippen LogP contribution in [0, 0.1) is 6.92 Å². The van der Waals surface area contributed by atoms with Crippen molar-refractivity contribution in [2.75, 3.05) is 6.54 Å². The maximum Gasteiger partial charge on any atom is 0.0992 e. The number of hydrogen-bond donors (Lipinski definition) is 1. The number of para-hydroxylation sites is 1. The molecule has 18 heavy (non-hydrogen) atoms. The van der Waals surface area contributed by atoms with Crippen LogP contribution < -0.4 is 5.73 Å². The largest absolute Gasteiger partial charge is 0.328 e. The van der Waals surface area contributed by atoms with Gasteiger partial charge in [-0.3, -0.25) is 4.68 Å². The Kier molecular flexibility index (Phi) is 2.89. The SMILES string of the molecule is Cc1ccsc1C(CN)n1ncc2ccccc21. The Balaban J connectivity index is 2.15. The van der Waals surface area contributed by atoms with E-state index in [1.807, 2.05) is 23.0 Å². The first-order valence-electron chi connectivity index (χ1n) is 5.97. The molecule has 1 unspecified atom stereocenters. The lowest BCUT2D eigenvalue weighted by molar-refractivity contribution is 0.555. The number of benzene rings is 1. The first-order valence-corrected chi connectivity index (χ1v) is 6.85. The van der Waals surface area contributed by atoms with Crippen LogP contribution in [0.15, 0.2) is 41.9 Å². The Morgan fingerprint density at radius 3 is 2.89 bits per heavy atom. The van der Waals surface area contributed by atoms with Crippen LogP contribution in [0.4, 0.5) is 0 Å². The number of rotatable bonds is 3. The predicted octanol–water partition coefficient (Wildman–Crippen LogP) is 2.95. The summed E-state index contributed by atoms with van der Waals surface area (Å²) in [5, 5.41) is 7.77. The van der Waals surface area contributed by atoms with Crippen LogP contribution in [0.5, 0.6) is 0 Å². The van der Waals surface area contributed by atoms with Crippen molar-refractivity contribution in [3.8, 4) is 0 Å². The van der Waals surface area contributed by atoms with Crippen molar-refractivity contribution in [2.24, 2.45) is 5.73 Å². The zero-order valence-electron chi connectivity index (χ0n) is 10.2. The number of hydrogen-bond acceptors (Lipinski definition) is 3. The van der Waals surface area contributed by atoms with E-state index < -0.39 is 0 Å². The maximum atomic E-state index is 5.96. The van der Waals surface area contributed by atoms with Crippen molar-refractivity contribution in [1.29, 1.82) is 0 Å². The second-order valence-electron chi connectivity index (χ2n) is 4.37. The van der Waals surface area contributed by atoms with E-state index in [9.17, 15) is 0 Å². The summed E-state index contributed by atoms with van der Waals surface area (Å²) < 4.78 is 2.04. The molecule has 0 radical (unpaired) electrons. The molecule has 0 fully saturated rings. The number of aromatic nitrogens is 2. The molecule has 0 aliphatic heterocycles. The lowest BCUT2D eigenvalue weighted by atomic mass is 10.1. The molecule has 2 heterocycles. The molecule has 0 spiro atoms. The summed E-state index contributed by atoms with van der Waals surface area (Å²) in [7, 11) is 0. The minimum Gasteiger partial charge on any atom is -0.328 e. The van der Waals surface area contributed by atoms with Crippen molar-refractivity contribution in [2.45, 2.75) is 13.0 Å². The summed E-state index contributed by atoms with van der Waals surface area (Å²) in [6, 6.07) is 10.5. The Hall–Kier alpha value is -1.65. The van der Waals surface area contributed by atoms with Crippen LogP contribution in [0.2, 0.25) is 0 Å². The van der Waals surface area contributed by atoms with Gasteiger partial charge in [0.05, 0.1) is 17.8 Å². The minimum absolute atomic E-state index is 0.130. The Labute approximate surface area is 110 Å². The monoisotopic (exact) mass is 257 g/mol. The van der Waals surface area contributed by atoms with Crippen LogP contribution in [0.1, 0.15) is 16.5 Å². The molecule has 2 aromatic heterocycles. The number of nitrogens with two attached hydrogens (primary N) is 1. The highest BCUT2D eigenvalue weighted by molar-refractivity contribution is 7.10. The van der Waals surface area contributed by atoms with Crippen LogP contribution in [-0.2, 0) is 0 Å². The molecule has 0 aliphatic carbocycles. The third-order valence-corrected chi connectivity index (χ3v) is 4.35. The molecule has 1 atom stereocenters. The number of thiophene rings is 1. The Morgan fingerprint density at radius 2 is 2.17 bits per heavy atom. The average Bonchev–Trinajstić information content (AvgIpc) is 2.99. The molecule has 0 aliphatic rings. The zero-order valence-corrected chi connectivity index (χ0v) is 11.0. The van der Waals surface area contributed by atoms with Gasteiger partial charge in [-0.05, 0) is 30.0 Å². The topological polar surface area (TPSA) is 43.8 Å². The normalized spacial score (nSPS) is 13.0. The molecular formula is C14H15N3S. The van der Waals surface area contributed by atoms with Crippen molar-refractivity contribution >= 4 is 22.2 Å². The van der Waals surface area contributed by atoms with Crippen molar-refractivity contribution in [1.82, 2.24) is 9.78 Å². The fourth-order valence-electron chi connectivity index (χ4n) is 2.28. The standard InChI is InChI=1S/C14H15N3S/c1-10-6-7-18-14(10)13(8-15)17-12-5-3-2-4-11(12)9-16-17/h2-7,9,13H,8,15H2,1H3. The molecule has 0 amide bonds. The third-order valence-electron chi connectivity index (χ3n) is 3.23. The number of nitrogens with zero attached hydrogens (tertiary/aromatic N) is 2. The van der Waals surface area contributed by atoms with Gasteiger partial charge in [-0.25, -0.2) is 0 Å². The van der Waals surface area contributed by atoms with Gasteiger partial charge < -0.3 is 5.73 Å². The van der Waals surface area contributed by atoms with E-state index in [0.717, 1.165) is 10.9 Å². The molecule has 0 bridgehead atoms. The molecule has 0 saturated heterocycles. The van der Waals surface area contributed by atoms with Crippen LogP contribution in [-0.4, -0.2) is 16.3 Å². The highest BCUT2D eigenvalue weighted by atomic mass is 32.1. The van der Waals surface area contributed by atoms with Gasteiger partial charge in [0, 0.05) is 16.8 Å². The molecule has 3 nitrogen and oxygen atoms in total. The second-order valence-corrected chi connectivity index (χ2v) is 5.32. The molecule has 3 aromatic rings. The first-order chi connectivity index (χ1) is 8.81. The highest BCUT2D eigenvalue weighted by Gasteiger charge is 2.18. The van der Waals surface area contributed by atoms with E-state index >= 15 is 0 Å². The summed E-state index contributed by atoms with van der Waals surface area (Å²) in [6.45, 7) is 2.69. The van der Waals surface area contributed by atoms with E-state index in [1.165, 1.54) is 10.4 Å². The molecule has 92 valence electrons. The lowest BCUT2D eigenvalue weighted by Gasteiger charge is -2.16. The van der Waals surface area contributed by atoms with E-state index in [0.29, 0.717) is 6.54 Å². The fourth-order valence-corrected chi connectivity index (χ4v) is 3.31. The third kappa shape index (κ3) is 1.74.